The van der Waals surface area contributed by atoms with Gasteiger partial charge >= 0.3 is 0 Å². The van der Waals surface area contributed by atoms with Crippen LogP contribution in [-0.4, -0.2) is 10.2 Å². The van der Waals surface area contributed by atoms with Gasteiger partial charge in [-0.2, -0.15) is 5.10 Å². The molecular weight excluding hydrogens is 167 g/mol. The van der Waals surface area contributed by atoms with Gasteiger partial charge in [-0.1, -0.05) is 12.1 Å². The minimum Gasteiger partial charge on any atom is -0.285 e. The summed E-state index contributed by atoms with van der Waals surface area (Å²) >= 11 is 0. The van der Waals surface area contributed by atoms with E-state index in [0.29, 0.717) is 5.56 Å². The molecule has 0 saturated carbocycles. The molecule has 0 unspecified atom stereocenters. The molecule has 0 aliphatic carbocycles. The van der Waals surface area contributed by atoms with E-state index >= 15 is 0 Å². The van der Waals surface area contributed by atoms with Crippen LogP contribution in [0.25, 0.3) is 11.1 Å². The van der Waals surface area contributed by atoms with Crippen LogP contribution in [0.4, 0.5) is 4.39 Å². The van der Waals surface area contributed by atoms with Gasteiger partial charge in [0.15, 0.2) is 0 Å². The summed E-state index contributed by atoms with van der Waals surface area (Å²) in [5.41, 5.74) is 2.45. The highest BCUT2D eigenvalue weighted by Crippen LogP contribution is 2.23. The lowest BCUT2D eigenvalue weighted by molar-refractivity contribution is 0.619. The van der Waals surface area contributed by atoms with E-state index in [9.17, 15) is 4.39 Å². The van der Waals surface area contributed by atoms with Gasteiger partial charge in [-0.3, -0.25) is 5.10 Å². The maximum absolute atomic E-state index is 13.1. The van der Waals surface area contributed by atoms with E-state index < -0.39 is 0 Å². The fraction of sp³-hybridized carbons (Fsp3) is 0.100. The summed E-state index contributed by atoms with van der Waals surface area (Å²) in [4.78, 5) is 0. The monoisotopic (exact) mass is 176 g/mol. The van der Waals surface area contributed by atoms with Crippen LogP contribution in [-0.2, 0) is 0 Å². The van der Waals surface area contributed by atoms with Gasteiger partial charge in [-0.05, 0) is 24.1 Å². The third-order valence-electron chi connectivity index (χ3n) is 2.08. The molecule has 2 rings (SSSR count). The van der Waals surface area contributed by atoms with Crippen molar-refractivity contribution in [3.05, 3.63) is 42.0 Å². The summed E-state index contributed by atoms with van der Waals surface area (Å²) in [6.45, 7) is 1.76. The smallest absolute Gasteiger partial charge is 0.126 e. The maximum atomic E-state index is 13.1. The molecule has 0 aliphatic rings. The molecule has 0 fully saturated rings. The average Bonchev–Trinajstić information content (AvgIpc) is 2.62. The number of halogens is 1. The Kier molecular flexibility index (Phi) is 1.85. The highest BCUT2D eigenvalue weighted by molar-refractivity contribution is 5.65. The molecule has 0 atom stereocenters. The Morgan fingerprint density at radius 3 is 2.92 bits per heavy atom. The van der Waals surface area contributed by atoms with E-state index in [4.69, 9.17) is 0 Å². The van der Waals surface area contributed by atoms with Crippen LogP contribution in [0.3, 0.4) is 0 Å². The summed E-state index contributed by atoms with van der Waals surface area (Å²) in [6.07, 6.45) is 3.43. The third kappa shape index (κ3) is 1.33. The van der Waals surface area contributed by atoms with Gasteiger partial charge in [0.2, 0.25) is 0 Å². The lowest BCUT2D eigenvalue weighted by Gasteiger charge is -2.02. The first-order chi connectivity index (χ1) is 6.29. The largest absolute Gasteiger partial charge is 0.285 e. The molecule has 13 heavy (non-hydrogen) atoms. The molecule has 1 N–H and O–H groups in total. The van der Waals surface area contributed by atoms with Crippen LogP contribution in [0.5, 0.6) is 0 Å². The number of aromatic nitrogens is 2. The number of nitrogens with zero attached hydrogens (tertiary/aromatic N) is 1. The number of hydrogen-bond acceptors (Lipinski definition) is 1. The topological polar surface area (TPSA) is 28.7 Å². The Morgan fingerprint density at radius 1 is 1.38 bits per heavy atom. The Bertz CT molecular complexity index is 407. The molecule has 0 spiro atoms. The van der Waals surface area contributed by atoms with Gasteiger partial charge in [0.1, 0.15) is 5.82 Å². The second-order valence-electron chi connectivity index (χ2n) is 2.90. The number of rotatable bonds is 1. The van der Waals surface area contributed by atoms with Crippen LogP contribution >= 0.6 is 0 Å². The Morgan fingerprint density at radius 2 is 2.23 bits per heavy atom. The first-order valence-electron chi connectivity index (χ1n) is 4.03. The zero-order valence-corrected chi connectivity index (χ0v) is 7.21. The molecule has 2 aromatic rings. The molecule has 1 aromatic carbocycles. The highest BCUT2D eigenvalue weighted by atomic mass is 19.1. The van der Waals surface area contributed by atoms with Crippen molar-refractivity contribution < 1.29 is 4.39 Å². The van der Waals surface area contributed by atoms with E-state index in [-0.39, 0.29) is 5.82 Å². The summed E-state index contributed by atoms with van der Waals surface area (Å²) in [5, 5.41) is 6.52. The normalized spacial score (nSPS) is 10.3. The van der Waals surface area contributed by atoms with Gasteiger partial charge in [-0.25, -0.2) is 4.39 Å². The first-order valence-corrected chi connectivity index (χ1v) is 4.03. The molecule has 66 valence electrons. The van der Waals surface area contributed by atoms with Crippen LogP contribution < -0.4 is 0 Å². The van der Waals surface area contributed by atoms with Gasteiger partial charge in [-0.15, -0.1) is 0 Å². The molecule has 0 radical (unpaired) electrons. The Hall–Kier alpha value is -1.64. The lowest BCUT2D eigenvalue weighted by Crippen LogP contribution is -1.85. The van der Waals surface area contributed by atoms with E-state index in [1.165, 1.54) is 6.07 Å². The van der Waals surface area contributed by atoms with Crippen LogP contribution in [0.2, 0.25) is 0 Å². The molecule has 0 aliphatic heterocycles. The van der Waals surface area contributed by atoms with Gasteiger partial charge in [0.25, 0.3) is 0 Å². The second-order valence-corrected chi connectivity index (χ2v) is 2.90. The molecular formula is C10H9FN2. The van der Waals surface area contributed by atoms with Crippen molar-refractivity contribution in [1.82, 2.24) is 10.2 Å². The van der Waals surface area contributed by atoms with E-state index in [1.54, 1.807) is 25.4 Å². The number of H-pyrrole nitrogens is 1. The summed E-state index contributed by atoms with van der Waals surface area (Å²) < 4.78 is 13.1. The number of hydrogen-bond donors (Lipinski definition) is 1. The second kappa shape index (κ2) is 3.01. The SMILES string of the molecule is Cc1c(F)cccc1-c1cn[nH]c1. The number of benzene rings is 1. The Balaban J connectivity index is 2.59. The quantitative estimate of drug-likeness (QED) is 0.710. The summed E-state index contributed by atoms with van der Waals surface area (Å²) in [6, 6.07) is 5.03. The van der Waals surface area contributed by atoms with Crippen molar-refractivity contribution in [1.29, 1.82) is 0 Å². The zero-order valence-electron chi connectivity index (χ0n) is 7.21. The van der Waals surface area contributed by atoms with E-state index in [2.05, 4.69) is 10.2 Å². The van der Waals surface area contributed by atoms with Crippen molar-refractivity contribution in [2.75, 3.05) is 0 Å². The minimum atomic E-state index is -0.182. The van der Waals surface area contributed by atoms with Gasteiger partial charge in [0.05, 0.1) is 6.20 Å². The first kappa shape index (κ1) is 7.98. The fourth-order valence-electron chi connectivity index (χ4n) is 1.32. The molecule has 1 heterocycles. The van der Waals surface area contributed by atoms with Crippen molar-refractivity contribution in [2.24, 2.45) is 0 Å². The lowest BCUT2D eigenvalue weighted by atomic mass is 10.0. The van der Waals surface area contributed by atoms with Crippen molar-refractivity contribution >= 4 is 0 Å². The maximum Gasteiger partial charge on any atom is 0.126 e. The van der Waals surface area contributed by atoms with Crippen molar-refractivity contribution in [3.63, 3.8) is 0 Å². The molecule has 2 nitrogen and oxygen atoms in total. The van der Waals surface area contributed by atoms with Crippen molar-refractivity contribution in [3.8, 4) is 11.1 Å². The van der Waals surface area contributed by atoms with Crippen LogP contribution in [0, 0.1) is 12.7 Å². The molecule has 0 bridgehead atoms. The summed E-state index contributed by atoms with van der Waals surface area (Å²) in [5.74, 6) is -0.182. The molecule has 0 saturated heterocycles. The average molecular weight is 176 g/mol. The standard InChI is InChI=1S/C10H9FN2/c1-7-9(3-2-4-10(7)11)8-5-12-13-6-8/h2-6H,1H3,(H,12,13). The third-order valence-corrected chi connectivity index (χ3v) is 2.08. The molecule has 1 aromatic heterocycles. The highest BCUT2D eigenvalue weighted by Gasteiger charge is 2.05. The van der Waals surface area contributed by atoms with Gasteiger partial charge in [0, 0.05) is 11.8 Å². The van der Waals surface area contributed by atoms with Crippen LogP contribution in [0.15, 0.2) is 30.6 Å². The minimum absolute atomic E-state index is 0.182. The van der Waals surface area contributed by atoms with Gasteiger partial charge < -0.3 is 0 Å². The zero-order chi connectivity index (χ0) is 9.26. The van der Waals surface area contributed by atoms with E-state index in [0.717, 1.165) is 11.1 Å². The molecule has 0 amide bonds. The Labute approximate surface area is 75.4 Å². The number of aromatic amines is 1. The predicted molar refractivity (Wildman–Crippen MR) is 48.7 cm³/mol. The molecule has 3 heteroatoms. The van der Waals surface area contributed by atoms with E-state index in [1.807, 2.05) is 6.07 Å². The van der Waals surface area contributed by atoms with Crippen LogP contribution in [0.1, 0.15) is 5.56 Å². The number of nitrogens with one attached hydrogen (secondary N) is 1. The summed E-state index contributed by atoms with van der Waals surface area (Å²) in [7, 11) is 0. The predicted octanol–water partition coefficient (Wildman–Crippen LogP) is 2.52. The fourth-order valence-corrected chi connectivity index (χ4v) is 1.32. The van der Waals surface area contributed by atoms with Crippen molar-refractivity contribution in [2.45, 2.75) is 6.92 Å².